The normalized spacial score (nSPS) is 11.0. The van der Waals surface area contributed by atoms with Gasteiger partial charge in [-0.1, -0.05) is 11.6 Å². The van der Waals surface area contributed by atoms with Crippen molar-refractivity contribution in [3.05, 3.63) is 56.9 Å². The summed E-state index contributed by atoms with van der Waals surface area (Å²) >= 11 is 7.40. The van der Waals surface area contributed by atoms with Crippen LogP contribution in [0.4, 0.5) is 5.69 Å². The molecule has 6 heteroatoms. The molecule has 2 heterocycles. The first kappa shape index (κ1) is 12.2. The van der Waals surface area contributed by atoms with Crippen LogP contribution in [0.2, 0.25) is 5.02 Å². The molecule has 0 bridgehead atoms. The van der Waals surface area contributed by atoms with Gasteiger partial charge < -0.3 is 5.73 Å². The minimum absolute atomic E-state index is 0.0642. The van der Waals surface area contributed by atoms with E-state index in [1.807, 2.05) is 5.38 Å². The number of fused-ring (bicyclic) bond motifs is 1. The third-order valence-electron chi connectivity index (χ3n) is 2.90. The molecule has 0 amide bonds. The summed E-state index contributed by atoms with van der Waals surface area (Å²) < 4.78 is 1.54. The van der Waals surface area contributed by atoms with E-state index in [4.69, 9.17) is 17.3 Å². The molecular formula is C13H10ClN3OS. The zero-order chi connectivity index (χ0) is 13.4. The number of nitrogens with zero attached hydrogens (tertiary/aromatic N) is 2. The van der Waals surface area contributed by atoms with Crippen LogP contribution in [0.25, 0.3) is 10.2 Å². The second kappa shape index (κ2) is 4.68. The van der Waals surface area contributed by atoms with Crippen LogP contribution in [-0.4, -0.2) is 9.55 Å². The molecule has 0 fully saturated rings. The minimum atomic E-state index is -0.0642. The van der Waals surface area contributed by atoms with Crippen LogP contribution < -0.4 is 11.3 Å². The molecule has 3 rings (SSSR count). The van der Waals surface area contributed by atoms with Crippen LogP contribution >= 0.6 is 22.9 Å². The average Bonchev–Trinajstić information content (AvgIpc) is 2.86. The number of halogens is 1. The predicted molar refractivity (Wildman–Crippen MR) is 78.8 cm³/mol. The lowest BCUT2D eigenvalue weighted by Crippen LogP contribution is -2.21. The van der Waals surface area contributed by atoms with Crippen molar-refractivity contribution in [3.8, 4) is 0 Å². The van der Waals surface area contributed by atoms with E-state index in [1.54, 1.807) is 30.6 Å². The molecule has 1 aromatic carbocycles. The predicted octanol–water partition coefficient (Wildman–Crippen LogP) is 2.74. The lowest BCUT2D eigenvalue weighted by molar-refractivity contribution is 0.751. The number of aromatic nitrogens is 2. The summed E-state index contributed by atoms with van der Waals surface area (Å²) in [7, 11) is 0. The van der Waals surface area contributed by atoms with Gasteiger partial charge in [0.15, 0.2) is 0 Å². The van der Waals surface area contributed by atoms with Crippen molar-refractivity contribution in [2.24, 2.45) is 0 Å². The van der Waals surface area contributed by atoms with Gasteiger partial charge in [0.2, 0.25) is 0 Å². The third-order valence-corrected chi connectivity index (χ3v) is 3.95. The van der Waals surface area contributed by atoms with Crippen molar-refractivity contribution in [2.75, 3.05) is 5.73 Å². The fourth-order valence-corrected chi connectivity index (χ4v) is 2.82. The Labute approximate surface area is 118 Å². The highest BCUT2D eigenvalue weighted by Crippen LogP contribution is 2.19. The largest absolute Gasteiger partial charge is 0.398 e. The van der Waals surface area contributed by atoms with E-state index >= 15 is 0 Å². The van der Waals surface area contributed by atoms with Crippen molar-refractivity contribution >= 4 is 38.8 Å². The topological polar surface area (TPSA) is 60.9 Å². The van der Waals surface area contributed by atoms with E-state index in [0.717, 1.165) is 10.4 Å². The molecule has 19 heavy (non-hydrogen) atoms. The van der Waals surface area contributed by atoms with Crippen LogP contribution in [0.15, 0.2) is 40.8 Å². The van der Waals surface area contributed by atoms with Crippen molar-refractivity contribution < 1.29 is 0 Å². The fourth-order valence-electron chi connectivity index (χ4n) is 1.90. The Bertz CT molecular complexity index is 809. The maximum Gasteiger partial charge on any atom is 0.262 e. The molecule has 2 N–H and O–H groups in total. The Kier molecular flexibility index (Phi) is 3.00. The molecule has 0 radical (unpaired) electrons. The number of rotatable bonds is 2. The summed E-state index contributed by atoms with van der Waals surface area (Å²) in [5, 5.41) is 3.09. The van der Waals surface area contributed by atoms with Crippen LogP contribution in [-0.2, 0) is 6.54 Å². The number of hydrogen-bond donors (Lipinski definition) is 1. The molecule has 96 valence electrons. The van der Waals surface area contributed by atoms with E-state index in [9.17, 15) is 4.79 Å². The Hall–Kier alpha value is -1.85. The maximum atomic E-state index is 12.2. The van der Waals surface area contributed by atoms with Crippen LogP contribution in [0.3, 0.4) is 0 Å². The fraction of sp³-hybridized carbons (Fsp3) is 0.0769. The maximum absolute atomic E-state index is 12.2. The molecule has 0 saturated heterocycles. The van der Waals surface area contributed by atoms with E-state index in [2.05, 4.69) is 4.98 Å². The number of nitrogens with two attached hydrogens (primary N) is 1. The van der Waals surface area contributed by atoms with Gasteiger partial charge in [-0.15, -0.1) is 11.3 Å². The quantitative estimate of drug-likeness (QED) is 0.739. The van der Waals surface area contributed by atoms with Crippen LogP contribution in [0, 0.1) is 0 Å². The van der Waals surface area contributed by atoms with Gasteiger partial charge >= 0.3 is 0 Å². The Morgan fingerprint density at radius 3 is 3.05 bits per heavy atom. The van der Waals surface area contributed by atoms with E-state index in [1.165, 1.54) is 15.9 Å². The molecule has 0 aliphatic rings. The van der Waals surface area contributed by atoms with Crippen molar-refractivity contribution in [3.63, 3.8) is 0 Å². The van der Waals surface area contributed by atoms with Crippen molar-refractivity contribution in [1.29, 1.82) is 0 Å². The van der Waals surface area contributed by atoms with Crippen LogP contribution in [0.5, 0.6) is 0 Å². The van der Waals surface area contributed by atoms with E-state index in [0.29, 0.717) is 22.6 Å². The molecule has 0 aliphatic heterocycles. The van der Waals surface area contributed by atoms with Gasteiger partial charge in [0, 0.05) is 10.7 Å². The smallest absolute Gasteiger partial charge is 0.262 e. The van der Waals surface area contributed by atoms with Gasteiger partial charge in [0.05, 0.1) is 18.3 Å². The van der Waals surface area contributed by atoms with E-state index < -0.39 is 0 Å². The highest BCUT2D eigenvalue weighted by Gasteiger charge is 2.07. The highest BCUT2D eigenvalue weighted by atomic mass is 35.5. The SMILES string of the molecule is Nc1ccc(Cl)cc1Cn1cnc2sccc2c1=O. The summed E-state index contributed by atoms with van der Waals surface area (Å²) in [5.74, 6) is 0. The molecule has 2 aromatic heterocycles. The molecule has 0 saturated carbocycles. The molecular weight excluding hydrogens is 282 g/mol. The van der Waals surface area contributed by atoms with Gasteiger partial charge in [0.25, 0.3) is 5.56 Å². The van der Waals surface area contributed by atoms with Gasteiger partial charge in [-0.3, -0.25) is 9.36 Å². The number of anilines is 1. The lowest BCUT2D eigenvalue weighted by Gasteiger charge is -2.08. The minimum Gasteiger partial charge on any atom is -0.398 e. The number of hydrogen-bond acceptors (Lipinski definition) is 4. The molecule has 0 unspecified atom stereocenters. The summed E-state index contributed by atoms with van der Waals surface area (Å²) in [5.41, 5.74) is 7.25. The van der Waals surface area contributed by atoms with E-state index in [-0.39, 0.29) is 5.56 Å². The lowest BCUT2D eigenvalue weighted by atomic mass is 10.2. The van der Waals surface area contributed by atoms with Crippen LogP contribution in [0.1, 0.15) is 5.56 Å². The van der Waals surface area contributed by atoms with Crippen molar-refractivity contribution in [1.82, 2.24) is 9.55 Å². The average molecular weight is 292 g/mol. The molecule has 0 aliphatic carbocycles. The molecule has 0 spiro atoms. The number of nitrogen functional groups attached to an aromatic ring is 1. The summed E-state index contributed by atoms with van der Waals surface area (Å²) in [4.78, 5) is 17.3. The summed E-state index contributed by atoms with van der Waals surface area (Å²) in [6, 6.07) is 7.01. The Morgan fingerprint density at radius 2 is 2.21 bits per heavy atom. The van der Waals surface area contributed by atoms with Gasteiger partial charge in [-0.25, -0.2) is 4.98 Å². The zero-order valence-electron chi connectivity index (χ0n) is 9.84. The summed E-state index contributed by atoms with van der Waals surface area (Å²) in [6.07, 6.45) is 1.54. The highest BCUT2D eigenvalue weighted by molar-refractivity contribution is 7.16. The molecule has 3 aromatic rings. The first-order chi connectivity index (χ1) is 9.15. The summed E-state index contributed by atoms with van der Waals surface area (Å²) in [6.45, 7) is 0.365. The van der Waals surface area contributed by atoms with Crippen molar-refractivity contribution in [2.45, 2.75) is 6.54 Å². The monoisotopic (exact) mass is 291 g/mol. The first-order valence-corrected chi connectivity index (χ1v) is 6.87. The Morgan fingerprint density at radius 1 is 1.37 bits per heavy atom. The van der Waals surface area contributed by atoms with Gasteiger partial charge in [-0.2, -0.15) is 0 Å². The standard InChI is InChI=1S/C13H10ClN3OS/c14-9-1-2-11(15)8(5-9)6-17-7-16-12-10(13(17)18)3-4-19-12/h1-5,7H,6,15H2. The molecule has 4 nitrogen and oxygen atoms in total. The molecule has 0 atom stereocenters. The second-order valence-electron chi connectivity index (χ2n) is 4.16. The zero-order valence-corrected chi connectivity index (χ0v) is 11.4. The third kappa shape index (κ3) is 2.22. The number of benzene rings is 1. The number of thiophene rings is 1. The first-order valence-electron chi connectivity index (χ1n) is 5.62. The van der Waals surface area contributed by atoms with Gasteiger partial charge in [-0.05, 0) is 35.2 Å². The van der Waals surface area contributed by atoms with Gasteiger partial charge in [0.1, 0.15) is 4.83 Å². The Balaban J connectivity index is 2.08. The second-order valence-corrected chi connectivity index (χ2v) is 5.49.